The highest BCUT2D eigenvalue weighted by Crippen LogP contribution is 2.26. The number of nitrogens with zero attached hydrogens (tertiary/aromatic N) is 2. The molecule has 0 aliphatic rings. The van der Waals surface area contributed by atoms with Gasteiger partial charge in [-0.25, -0.2) is 4.98 Å². The fraction of sp³-hybridized carbons (Fsp3) is 0.136. The van der Waals surface area contributed by atoms with E-state index in [1.807, 2.05) is 49.4 Å². The largest absolute Gasteiger partial charge is 0.341 e. The molecule has 0 spiro atoms. The normalized spacial score (nSPS) is 12.1. The van der Waals surface area contributed by atoms with Crippen LogP contribution in [0.25, 0.3) is 10.2 Å². The summed E-state index contributed by atoms with van der Waals surface area (Å²) in [5, 5.41) is 4.19. The number of amides is 1. The molecule has 27 heavy (non-hydrogen) atoms. The molecular weight excluding hydrogens is 354 g/mol. The van der Waals surface area contributed by atoms with Crippen LogP contribution in [0, 0.1) is 13.8 Å². The van der Waals surface area contributed by atoms with Gasteiger partial charge in [0.2, 0.25) is 0 Å². The first kappa shape index (κ1) is 17.4. The van der Waals surface area contributed by atoms with Crippen molar-refractivity contribution in [2.24, 2.45) is 0 Å². The monoisotopic (exact) mass is 373 g/mol. The van der Waals surface area contributed by atoms with Crippen LogP contribution in [-0.4, -0.2) is 15.9 Å². The van der Waals surface area contributed by atoms with Crippen LogP contribution in [0.15, 0.2) is 67.0 Å². The molecule has 2 heterocycles. The first-order valence-electron chi connectivity index (χ1n) is 8.75. The molecule has 0 unspecified atom stereocenters. The Balaban J connectivity index is 1.70. The number of carbonyl (C=O) groups is 1. The molecule has 4 rings (SSSR count). The summed E-state index contributed by atoms with van der Waals surface area (Å²) in [6.45, 7) is 4.03. The van der Waals surface area contributed by atoms with E-state index in [2.05, 4.69) is 34.3 Å². The van der Waals surface area contributed by atoms with Crippen LogP contribution >= 0.6 is 11.3 Å². The highest BCUT2D eigenvalue weighted by atomic mass is 32.1. The minimum Gasteiger partial charge on any atom is -0.341 e. The van der Waals surface area contributed by atoms with E-state index < -0.39 is 0 Å². The summed E-state index contributed by atoms with van der Waals surface area (Å²) < 4.78 is 1.02. The lowest BCUT2D eigenvalue weighted by atomic mass is 9.95. The predicted molar refractivity (Wildman–Crippen MR) is 109 cm³/mol. The van der Waals surface area contributed by atoms with E-state index in [1.165, 1.54) is 0 Å². The Morgan fingerprint density at radius 1 is 1.04 bits per heavy atom. The summed E-state index contributed by atoms with van der Waals surface area (Å²) in [4.78, 5) is 21.6. The van der Waals surface area contributed by atoms with E-state index in [0.717, 1.165) is 31.9 Å². The van der Waals surface area contributed by atoms with Gasteiger partial charge in [0, 0.05) is 18.0 Å². The highest BCUT2D eigenvalue weighted by Gasteiger charge is 2.19. The van der Waals surface area contributed by atoms with Crippen molar-refractivity contribution in [2.45, 2.75) is 19.9 Å². The Morgan fingerprint density at radius 3 is 2.59 bits per heavy atom. The fourth-order valence-corrected chi connectivity index (χ4v) is 4.07. The SMILES string of the molecule is Cc1nc2ccc(C(=O)N[C@H](c3ccncc3)c3ccccc3C)cc2s1. The number of carbonyl (C=O) groups excluding carboxylic acids is 1. The molecule has 4 nitrogen and oxygen atoms in total. The number of thiazole rings is 1. The van der Waals surface area contributed by atoms with Crippen molar-refractivity contribution in [3.8, 4) is 0 Å². The molecule has 2 aromatic heterocycles. The molecule has 0 radical (unpaired) electrons. The van der Waals surface area contributed by atoms with Crippen LogP contribution in [0.3, 0.4) is 0 Å². The van der Waals surface area contributed by atoms with Gasteiger partial charge in [0.25, 0.3) is 5.91 Å². The minimum atomic E-state index is -0.236. The Hall–Kier alpha value is -3.05. The summed E-state index contributed by atoms with van der Waals surface area (Å²) >= 11 is 1.60. The molecule has 5 heteroatoms. The van der Waals surface area contributed by atoms with Crippen molar-refractivity contribution >= 4 is 27.5 Å². The minimum absolute atomic E-state index is 0.104. The smallest absolute Gasteiger partial charge is 0.252 e. The molecule has 4 aromatic rings. The number of nitrogens with one attached hydrogen (secondary N) is 1. The molecule has 1 N–H and O–H groups in total. The molecule has 0 saturated heterocycles. The number of hydrogen-bond acceptors (Lipinski definition) is 4. The molecular formula is C22H19N3OS. The van der Waals surface area contributed by atoms with Crippen LogP contribution < -0.4 is 5.32 Å². The van der Waals surface area contributed by atoms with Crippen LogP contribution in [0.2, 0.25) is 0 Å². The van der Waals surface area contributed by atoms with Crippen LogP contribution in [0.5, 0.6) is 0 Å². The van der Waals surface area contributed by atoms with Gasteiger partial charge in [-0.3, -0.25) is 9.78 Å². The van der Waals surface area contributed by atoms with E-state index >= 15 is 0 Å². The summed E-state index contributed by atoms with van der Waals surface area (Å²) in [5.41, 5.74) is 4.78. The Kier molecular flexibility index (Phi) is 4.69. The topological polar surface area (TPSA) is 54.9 Å². The summed E-state index contributed by atoms with van der Waals surface area (Å²) in [5.74, 6) is -0.104. The fourth-order valence-electron chi connectivity index (χ4n) is 3.20. The van der Waals surface area contributed by atoms with Crippen molar-refractivity contribution < 1.29 is 4.79 Å². The maximum Gasteiger partial charge on any atom is 0.252 e. The number of hydrogen-bond donors (Lipinski definition) is 1. The molecule has 0 saturated carbocycles. The number of fused-ring (bicyclic) bond motifs is 1. The zero-order valence-corrected chi connectivity index (χ0v) is 16.0. The highest BCUT2D eigenvalue weighted by molar-refractivity contribution is 7.18. The van der Waals surface area contributed by atoms with Crippen molar-refractivity contribution in [2.75, 3.05) is 0 Å². The van der Waals surface area contributed by atoms with E-state index in [1.54, 1.807) is 23.7 Å². The van der Waals surface area contributed by atoms with Crippen LogP contribution in [0.4, 0.5) is 0 Å². The van der Waals surface area contributed by atoms with Gasteiger partial charge in [0.15, 0.2) is 0 Å². The zero-order valence-electron chi connectivity index (χ0n) is 15.1. The number of pyridine rings is 1. The first-order valence-corrected chi connectivity index (χ1v) is 9.57. The first-order chi connectivity index (χ1) is 13.1. The molecule has 0 aliphatic carbocycles. The molecule has 2 aromatic carbocycles. The summed E-state index contributed by atoms with van der Waals surface area (Å²) in [6.07, 6.45) is 3.50. The number of aromatic nitrogens is 2. The third kappa shape index (κ3) is 3.59. The van der Waals surface area contributed by atoms with Gasteiger partial charge in [-0.1, -0.05) is 24.3 Å². The maximum atomic E-state index is 13.0. The third-order valence-corrected chi connectivity index (χ3v) is 5.51. The van der Waals surface area contributed by atoms with Gasteiger partial charge in [-0.15, -0.1) is 11.3 Å². The van der Waals surface area contributed by atoms with Crippen LogP contribution in [-0.2, 0) is 0 Å². The van der Waals surface area contributed by atoms with Gasteiger partial charge in [-0.2, -0.15) is 0 Å². The van der Waals surface area contributed by atoms with Crippen molar-refractivity contribution in [3.63, 3.8) is 0 Å². The second-order valence-corrected chi connectivity index (χ2v) is 7.69. The van der Waals surface area contributed by atoms with E-state index in [4.69, 9.17) is 0 Å². The lowest BCUT2D eigenvalue weighted by Crippen LogP contribution is -2.29. The average molecular weight is 373 g/mol. The Labute approximate surface area is 161 Å². The average Bonchev–Trinajstić information content (AvgIpc) is 3.06. The maximum absolute atomic E-state index is 13.0. The molecule has 1 amide bonds. The van der Waals surface area contributed by atoms with E-state index in [0.29, 0.717) is 5.56 Å². The Morgan fingerprint density at radius 2 is 1.81 bits per heavy atom. The molecule has 0 fully saturated rings. The molecule has 0 bridgehead atoms. The second-order valence-electron chi connectivity index (χ2n) is 6.46. The Bertz CT molecular complexity index is 1100. The standard InChI is InChI=1S/C22H19N3OS/c1-14-5-3-4-6-18(14)21(16-9-11-23-12-10-16)25-22(26)17-7-8-19-20(13-17)27-15(2)24-19/h3-13,21H,1-2H3,(H,25,26)/t21-/m1/s1. The number of benzene rings is 2. The van der Waals surface area contributed by atoms with Crippen molar-refractivity contribution in [3.05, 3.63) is 94.3 Å². The molecule has 1 atom stereocenters. The number of rotatable bonds is 4. The van der Waals surface area contributed by atoms with Crippen molar-refractivity contribution in [1.82, 2.24) is 15.3 Å². The quantitative estimate of drug-likeness (QED) is 0.557. The van der Waals surface area contributed by atoms with Gasteiger partial charge >= 0.3 is 0 Å². The van der Waals surface area contributed by atoms with Gasteiger partial charge in [-0.05, 0) is 60.9 Å². The van der Waals surface area contributed by atoms with Crippen molar-refractivity contribution in [1.29, 1.82) is 0 Å². The third-order valence-electron chi connectivity index (χ3n) is 4.57. The second kappa shape index (κ2) is 7.29. The lowest BCUT2D eigenvalue weighted by molar-refractivity contribution is 0.0943. The van der Waals surface area contributed by atoms with Crippen LogP contribution in [0.1, 0.15) is 38.1 Å². The van der Waals surface area contributed by atoms with Gasteiger partial charge in [0.1, 0.15) is 0 Å². The predicted octanol–water partition coefficient (Wildman–Crippen LogP) is 4.83. The molecule has 134 valence electrons. The summed E-state index contributed by atoms with van der Waals surface area (Å²) in [6, 6.07) is 17.4. The van der Waals surface area contributed by atoms with E-state index in [9.17, 15) is 4.79 Å². The zero-order chi connectivity index (χ0) is 18.8. The van der Waals surface area contributed by atoms with E-state index in [-0.39, 0.29) is 11.9 Å². The number of aryl methyl sites for hydroxylation is 2. The summed E-state index contributed by atoms with van der Waals surface area (Å²) in [7, 11) is 0. The lowest BCUT2D eigenvalue weighted by Gasteiger charge is -2.21. The van der Waals surface area contributed by atoms with Gasteiger partial charge < -0.3 is 5.32 Å². The molecule has 0 aliphatic heterocycles. The van der Waals surface area contributed by atoms with Gasteiger partial charge in [0.05, 0.1) is 21.3 Å².